The number of halogens is 1. The molecule has 1 rings (SSSR count). The molecule has 0 unspecified atom stereocenters. The second-order valence-corrected chi connectivity index (χ2v) is 4.94. The van der Waals surface area contributed by atoms with E-state index >= 15 is 0 Å². The van der Waals surface area contributed by atoms with Crippen LogP contribution in [-0.2, 0) is 0 Å². The highest BCUT2D eigenvalue weighted by molar-refractivity contribution is 9.10. The van der Waals surface area contributed by atoms with E-state index in [2.05, 4.69) is 33.2 Å². The van der Waals surface area contributed by atoms with Gasteiger partial charge in [-0.1, -0.05) is 6.92 Å². The number of aromatic nitrogens is 1. The van der Waals surface area contributed by atoms with Gasteiger partial charge in [0, 0.05) is 23.0 Å². The van der Waals surface area contributed by atoms with Crippen LogP contribution in [0.5, 0.6) is 0 Å². The van der Waals surface area contributed by atoms with Gasteiger partial charge in [-0.05, 0) is 41.0 Å². The van der Waals surface area contributed by atoms with Gasteiger partial charge in [0.15, 0.2) is 0 Å². The normalized spacial score (nSPS) is 10.4. The zero-order valence-corrected chi connectivity index (χ0v) is 10.7. The molecule has 4 heteroatoms. The summed E-state index contributed by atoms with van der Waals surface area (Å²) in [5, 5.41) is 4.45. The maximum atomic E-state index is 4.28. The van der Waals surface area contributed by atoms with Crippen LogP contribution in [0, 0.1) is 0 Å². The molecule has 78 valence electrons. The van der Waals surface area contributed by atoms with Crippen LogP contribution in [0.4, 0.5) is 0 Å². The molecule has 0 spiro atoms. The first-order valence-corrected chi connectivity index (χ1v) is 6.56. The number of hydrogen-bond donors (Lipinski definition) is 1. The summed E-state index contributed by atoms with van der Waals surface area (Å²) in [6, 6.07) is 4.06. The van der Waals surface area contributed by atoms with Gasteiger partial charge in [0.05, 0.1) is 5.03 Å². The lowest BCUT2D eigenvalue weighted by molar-refractivity contribution is 0.707. The summed E-state index contributed by atoms with van der Waals surface area (Å²) in [7, 11) is 0. The van der Waals surface area contributed by atoms with Crippen molar-refractivity contribution in [3.05, 3.63) is 22.8 Å². The Morgan fingerprint density at radius 1 is 1.43 bits per heavy atom. The van der Waals surface area contributed by atoms with Crippen LogP contribution >= 0.6 is 27.7 Å². The van der Waals surface area contributed by atoms with Crippen LogP contribution in [-0.4, -0.2) is 23.8 Å². The monoisotopic (exact) mass is 274 g/mol. The second kappa shape index (κ2) is 7.26. The fraction of sp³-hybridized carbons (Fsp3) is 0.500. The van der Waals surface area contributed by atoms with Gasteiger partial charge in [0.2, 0.25) is 0 Å². The number of rotatable bonds is 6. The molecule has 14 heavy (non-hydrogen) atoms. The molecule has 0 aliphatic heterocycles. The van der Waals surface area contributed by atoms with Gasteiger partial charge in [-0.15, -0.1) is 11.8 Å². The fourth-order valence-corrected chi connectivity index (χ4v) is 1.96. The molecule has 1 N–H and O–H groups in total. The quantitative estimate of drug-likeness (QED) is 0.638. The highest BCUT2D eigenvalue weighted by atomic mass is 79.9. The van der Waals surface area contributed by atoms with Gasteiger partial charge in [-0.2, -0.15) is 0 Å². The summed E-state index contributed by atoms with van der Waals surface area (Å²) < 4.78 is 1.03. The van der Waals surface area contributed by atoms with E-state index in [4.69, 9.17) is 0 Å². The average Bonchev–Trinajstić information content (AvgIpc) is 2.21. The van der Waals surface area contributed by atoms with Crippen molar-refractivity contribution >= 4 is 27.7 Å². The van der Waals surface area contributed by atoms with Crippen molar-refractivity contribution in [1.29, 1.82) is 0 Å². The third-order valence-corrected chi connectivity index (χ3v) is 3.07. The van der Waals surface area contributed by atoms with Gasteiger partial charge in [0.25, 0.3) is 0 Å². The Morgan fingerprint density at radius 2 is 2.29 bits per heavy atom. The largest absolute Gasteiger partial charge is 0.316 e. The Morgan fingerprint density at radius 3 is 2.93 bits per heavy atom. The maximum Gasteiger partial charge on any atom is 0.0961 e. The molecule has 0 aliphatic carbocycles. The van der Waals surface area contributed by atoms with Crippen molar-refractivity contribution in [1.82, 2.24) is 10.3 Å². The van der Waals surface area contributed by atoms with Crippen molar-refractivity contribution in [3.63, 3.8) is 0 Å². The lowest BCUT2D eigenvalue weighted by Crippen LogP contribution is -2.17. The van der Waals surface area contributed by atoms with Gasteiger partial charge >= 0.3 is 0 Å². The number of hydrogen-bond acceptors (Lipinski definition) is 3. The molecule has 1 heterocycles. The molecule has 0 radical (unpaired) electrons. The number of pyridine rings is 1. The molecule has 0 fully saturated rings. The molecule has 0 amide bonds. The van der Waals surface area contributed by atoms with E-state index in [9.17, 15) is 0 Å². The lowest BCUT2D eigenvalue weighted by atomic mass is 10.5. The minimum absolute atomic E-state index is 1.03. The zero-order valence-electron chi connectivity index (χ0n) is 8.29. The molecule has 1 aromatic rings. The fourth-order valence-electron chi connectivity index (χ4n) is 0.977. The van der Waals surface area contributed by atoms with Crippen molar-refractivity contribution in [2.24, 2.45) is 0 Å². The molecule has 0 saturated heterocycles. The van der Waals surface area contributed by atoms with Crippen LogP contribution in [0.15, 0.2) is 27.8 Å². The SMILES string of the molecule is CCCNCCSc1ccc(Br)cn1. The molecular weight excluding hydrogens is 260 g/mol. The number of thioether (sulfide) groups is 1. The van der Waals surface area contributed by atoms with Crippen molar-refractivity contribution in [2.45, 2.75) is 18.4 Å². The Hall–Kier alpha value is -0.0600. The van der Waals surface area contributed by atoms with Crippen LogP contribution in [0.25, 0.3) is 0 Å². The lowest BCUT2D eigenvalue weighted by Gasteiger charge is -2.02. The summed E-state index contributed by atoms with van der Waals surface area (Å²) in [4.78, 5) is 4.28. The van der Waals surface area contributed by atoms with Crippen LogP contribution in [0.2, 0.25) is 0 Å². The first kappa shape index (κ1) is 12.0. The Kier molecular flexibility index (Phi) is 6.23. The topological polar surface area (TPSA) is 24.9 Å². The van der Waals surface area contributed by atoms with Crippen LogP contribution in [0.3, 0.4) is 0 Å². The van der Waals surface area contributed by atoms with Crippen molar-refractivity contribution in [2.75, 3.05) is 18.8 Å². The predicted octanol–water partition coefficient (Wildman–Crippen LogP) is 2.94. The second-order valence-electron chi connectivity index (χ2n) is 2.91. The first-order chi connectivity index (χ1) is 6.83. The minimum atomic E-state index is 1.03. The van der Waals surface area contributed by atoms with Crippen molar-refractivity contribution in [3.8, 4) is 0 Å². The summed E-state index contributed by atoms with van der Waals surface area (Å²) in [5.74, 6) is 1.08. The van der Waals surface area contributed by atoms with E-state index in [1.165, 1.54) is 6.42 Å². The van der Waals surface area contributed by atoms with Gasteiger partial charge < -0.3 is 5.32 Å². The van der Waals surface area contributed by atoms with Crippen molar-refractivity contribution < 1.29 is 0 Å². The minimum Gasteiger partial charge on any atom is -0.316 e. The smallest absolute Gasteiger partial charge is 0.0961 e. The summed E-state index contributed by atoms with van der Waals surface area (Å²) in [5.41, 5.74) is 0. The molecular formula is C10H15BrN2S. The van der Waals surface area contributed by atoms with Crippen LogP contribution < -0.4 is 5.32 Å². The van der Waals surface area contributed by atoms with Crippen LogP contribution in [0.1, 0.15) is 13.3 Å². The molecule has 0 aromatic carbocycles. The number of nitrogens with zero attached hydrogens (tertiary/aromatic N) is 1. The molecule has 0 saturated carbocycles. The highest BCUT2D eigenvalue weighted by Crippen LogP contribution is 2.16. The first-order valence-electron chi connectivity index (χ1n) is 4.78. The number of nitrogens with one attached hydrogen (secondary N) is 1. The third-order valence-electron chi connectivity index (χ3n) is 1.66. The van der Waals surface area contributed by atoms with Gasteiger partial charge in [-0.25, -0.2) is 4.98 Å². The Bertz CT molecular complexity index is 251. The highest BCUT2D eigenvalue weighted by Gasteiger charge is 1.94. The predicted molar refractivity (Wildman–Crippen MR) is 65.8 cm³/mol. The van der Waals surface area contributed by atoms with E-state index in [1.54, 1.807) is 11.8 Å². The van der Waals surface area contributed by atoms with E-state index < -0.39 is 0 Å². The zero-order chi connectivity index (χ0) is 10.2. The van der Waals surface area contributed by atoms with Gasteiger partial charge in [0.1, 0.15) is 0 Å². The maximum absolute atomic E-state index is 4.28. The summed E-state index contributed by atoms with van der Waals surface area (Å²) >= 11 is 5.15. The summed E-state index contributed by atoms with van der Waals surface area (Å²) in [6.45, 7) is 4.33. The molecule has 1 aromatic heterocycles. The Labute approximate surface area is 98.0 Å². The van der Waals surface area contributed by atoms with Gasteiger partial charge in [-0.3, -0.25) is 0 Å². The van der Waals surface area contributed by atoms with E-state index in [1.807, 2.05) is 18.3 Å². The van der Waals surface area contributed by atoms with E-state index in [0.717, 1.165) is 28.3 Å². The van der Waals surface area contributed by atoms with E-state index in [0.29, 0.717) is 0 Å². The molecule has 2 nitrogen and oxygen atoms in total. The van der Waals surface area contributed by atoms with E-state index in [-0.39, 0.29) is 0 Å². The standard InChI is InChI=1S/C10H15BrN2S/c1-2-5-12-6-7-14-10-4-3-9(11)8-13-10/h3-4,8,12H,2,5-7H2,1H3. The Balaban J connectivity index is 2.15. The molecule has 0 atom stereocenters. The molecule has 0 bridgehead atoms. The third kappa shape index (κ3) is 4.98. The average molecular weight is 275 g/mol. The summed E-state index contributed by atoms with van der Waals surface area (Å²) in [6.07, 6.45) is 3.03. The molecule has 0 aliphatic rings.